The molecule has 1 aromatic carbocycles. The van der Waals surface area contributed by atoms with Crippen LogP contribution >= 0.6 is 0 Å². The third-order valence-corrected chi connectivity index (χ3v) is 4.13. The van der Waals surface area contributed by atoms with Crippen molar-refractivity contribution in [1.82, 2.24) is 0 Å². The predicted octanol–water partition coefficient (Wildman–Crippen LogP) is 4.36. The fraction of sp³-hybridized carbons (Fsp3) is 0.350. The van der Waals surface area contributed by atoms with Crippen molar-refractivity contribution in [2.75, 3.05) is 21.0 Å². The maximum Gasteiger partial charge on any atom is 0.188 e. The normalized spacial score (nSPS) is 14.7. The maximum absolute atomic E-state index is 10.4. The van der Waals surface area contributed by atoms with Gasteiger partial charge in [-0.25, -0.2) is 0 Å². The number of methoxy groups -OCH3 is 2. The molecular formula is C20H25O4. The quantitative estimate of drug-likeness (QED) is 0.596. The van der Waals surface area contributed by atoms with Crippen molar-refractivity contribution in [3.8, 4) is 11.5 Å². The van der Waals surface area contributed by atoms with Crippen LogP contribution in [0.2, 0.25) is 0 Å². The summed E-state index contributed by atoms with van der Waals surface area (Å²) in [4.78, 5) is 0. The largest absolute Gasteiger partial charge is 0.507 e. The molecule has 0 bridgehead atoms. The summed E-state index contributed by atoms with van der Waals surface area (Å²) in [6, 6.07) is 3.57. The van der Waals surface area contributed by atoms with E-state index in [0.717, 1.165) is 28.9 Å². The Labute approximate surface area is 144 Å². The Bertz CT molecular complexity index is 668. The molecule has 0 fully saturated rings. The minimum absolute atomic E-state index is 0.175. The van der Waals surface area contributed by atoms with Gasteiger partial charge in [0.25, 0.3) is 0 Å². The Balaban J connectivity index is 2.55. The molecule has 1 aromatic rings. The Morgan fingerprint density at radius 3 is 2.67 bits per heavy atom. The highest BCUT2D eigenvalue weighted by atomic mass is 16.7. The Morgan fingerprint density at radius 2 is 2.04 bits per heavy atom. The Hall–Kier alpha value is -2.20. The van der Waals surface area contributed by atoms with Crippen molar-refractivity contribution < 1.29 is 19.3 Å². The Morgan fingerprint density at radius 1 is 1.29 bits per heavy atom. The number of benzene rings is 1. The van der Waals surface area contributed by atoms with E-state index in [1.165, 1.54) is 0 Å². The van der Waals surface area contributed by atoms with Crippen LogP contribution in [0.15, 0.2) is 42.7 Å². The van der Waals surface area contributed by atoms with Crippen molar-refractivity contribution in [1.29, 1.82) is 0 Å². The third-order valence-electron chi connectivity index (χ3n) is 4.13. The highest BCUT2D eigenvalue weighted by Gasteiger charge is 2.25. The lowest BCUT2D eigenvalue weighted by atomic mass is 9.82. The molecule has 0 saturated heterocycles. The van der Waals surface area contributed by atoms with Crippen LogP contribution in [0, 0.1) is 6.42 Å². The van der Waals surface area contributed by atoms with Crippen molar-refractivity contribution in [3.05, 3.63) is 60.2 Å². The third kappa shape index (κ3) is 3.65. The lowest BCUT2D eigenvalue weighted by molar-refractivity contribution is 0.0109. The first-order valence-electron chi connectivity index (χ1n) is 7.85. The number of allylic oxidation sites excluding steroid dienone is 4. The van der Waals surface area contributed by atoms with Gasteiger partial charge in [0.05, 0.1) is 7.11 Å². The minimum Gasteiger partial charge on any atom is -0.507 e. The molecule has 1 N–H and O–H groups in total. The summed E-state index contributed by atoms with van der Waals surface area (Å²) in [7, 11) is 3.17. The second kappa shape index (κ2) is 7.58. The van der Waals surface area contributed by atoms with Gasteiger partial charge in [-0.3, -0.25) is 0 Å². The Kier molecular flexibility index (Phi) is 5.73. The topological polar surface area (TPSA) is 47.9 Å². The fourth-order valence-corrected chi connectivity index (χ4v) is 2.61. The molecule has 4 heteroatoms. The van der Waals surface area contributed by atoms with E-state index >= 15 is 0 Å². The molecule has 24 heavy (non-hydrogen) atoms. The molecule has 1 radical (unpaired) electrons. The van der Waals surface area contributed by atoms with Crippen LogP contribution in [-0.2, 0) is 14.9 Å². The molecular weight excluding hydrogens is 304 g/mol. The van der Waals surface area contributed by atoms with Crippen LogP contribution < -0.4 is 4.74 Å². The van der Waals surface area contributed by atoms with E-state index in [2.05, 4.69) is 13.0 Å². The second-order valence-corrected chi connectivity index (χ2v) is 6.17. The number of hydrogen-bond acceptors (Lipinski definition) is 4. The maximum atomic E-state index is 10.4. The van der Waals surface area contributed by atoms with Gasteiger partial charge in [0.2, 0.25) is 0 Å². The summed E-state index contributed by atoms with van der Waals surface area (Å²) in [5.41, 5.74) is 2.17. The van der Waals surface area contributed by atoms with E-state index < -0.39 is 0 Å². The first kappa shape index (κ1) is 18.1. The van der Waals surface area contributed by atoms with Crippen LogP contribution in [0.25, 0.3) is 5.57 Å². The van der Waals surface area contributed by atoms with Crippen LogP contribution in [-0.4, -0.2) is 26.1 Å². The lowest BCUT2D eigenvalue weighted by Crippen LogP contribution is -2.14. The molecule has 0 aliphatic heterocycles. The predicted molar refractivity (Wildman–Crippen MR) is 95.8 cm³/mol. The molecule has 0 heterocycles. The molecule has 0 atom stereocenters. The van der Waals surface area contributed by atoms with E-state index in [1.54, 1.807) is 20.3 Å². The van der Waals surface area contributed by atoms with Gasteiger partial charge in [-0.1, -0.05) is 26.0 Å². The second-order valence-electron chi connectivity index (χ2n) is 6.17. The zero-order chi connectivity index (χ0) is 17.7. The summed E-state index contributed by atoms with van der Waals surface area (Å²) in [5, 5.41) is 10.4. The van der Waals surface area contributed by atoms with Gasteiger partial charge in [-0.15, -0.1) is 6.58 Å². The van der Waals surface area contributed by atoms with Gasteiger partial charge in [0.15, 0.2) is 6.79 Å². The number of aromatic hydroxyl groups is 1. The average Bonchev–Trinajstić information content (AvgIpc) is 2.59. The zero-order valence-corrected chi connectivity index (χ0v) is 14.8. The van der Waals surface area contributed by atoms with Gasteiger partial charge in [0, 0.05) is 35.3 Å². The van der Waals surface area contributed by atoms with E-state index in [9.17, 15) is 5.11 Å². The summed E-state index contributed by atoms with van der Waals surface area (Å²) >= 11 is 0. The van der Waals surface area contributed by atoms with E-state index in [4.69, 9.17) is 14.2 Å². The van der Waals surface area contributed by atoms with Crippen LogP contribution in [0.5, 0.6) is 11.5 Å². The van der Waals surface area contributed by atoms with Crippen molar-refractivity contribution in [2.24, 2.45) is 0 Å². The summed E-state index contributed by atoms with van der Waals surface area (Å²) in [6.07, 6.45) is 8.68. The number of ether oxygens (including phenoxy) is 3. The molecule has 0 amide bonds. The fourth-order valence-electron chi connectivity index (χ4n) is 2.61. The van der Waals surface area contributed by atoms with Crippen molar-refractivity contribution in [3.63, 3.8) is 0 Å². The average molecular weight is 329 g/mol. The van der Waals surface area contributed by atoms with Gasteiger partial charge >= 0.3 is 0 Å². The summed E-state index contributed by atoms with van der Waals surface area (Å²) < 4.78 is 16.2. The standard InChI is InChI=1S/C20H25O4/c1-6-20(2,3)16-11-15(19(23-5)12-17(16)21)14-9-7-8-10-18(14)24-13-22-4/h6-7,9-12,21H,1,8,13H2,2-5H3. The molecule has 1 aliphatic carbocycles. The molecule has 0 unspecified atom stereocenters. The van der Waals surface area contributed by atoms with Gasteiger partial charge < -0.3 is 19.3 Å². The molecule has 1 aliphatic rings. The van der Waals surface area contributed by atoms with Crippen LogP contribution in [0.3, 0.4) is 0 Å². The van der Waals surface area contributed by atoms with Gasteiger partial charge in [0.1, 0.15) is 17.3 Å². The van der Waals surface area contributed by atoms with E-state index in [1.807, 2.05) is 38.1 Å². The molecule has 4 nitrogen and oxygen atoms in total. The van der Waals surface area contributed by atoms with Crippen molar-refractivity contribution >= 4 is 5.57 Å². The van der Waals surface area contributed by atoms with Gasteiger partial charge in [-0.2, -0.15) is 0 Å². The monoisotopic (exact) mass is 329 g/mol. The molecule has 0 aromatic heterocycles. The first-order valence-corrected chi connectivity index (χ1v) is 7.85. The zero-order valence-electron chi connectivity index (χ0n) is 14.8. The van der Waals surface area contributed by atoms with E-state index in [-0.39, 0.29) is 18.0 Å². The summed E-state index contributed by atoms with van der Waals surface area (Å²) in [6.45, 7) is 8.06. The minimum atomic E-state index is -0.374. The molecule has 129 valence electrons. The molecule has 0 saturated carbocycles. The number of phenolic OH excluding ortho intramolecular Hbond substituents is 1. The SMILES string of the molecule is C=CC(C)(C)c1cc(C2=C[CH]CC=C2OCOC)c(OC)cc1O. The van der Waals surface area contributed by atoms with Gasteiger partial charge in [-0.05, 0) is 25.0 Å². The molecule has 2 rings (SSSR count). The smallest absolute Gasteiger partial charge is 0.188 e. The van der Waals surface area contributed by atoms with Crippen molar-refractivity contribution in [2.45, 2.75) is 25.7 Å². The van der Waals surface area contributed by atoms with Crippen LogP contribution in [0.1, 0.15) is 31.4 Å². The summed E-state index contributed by atoms with van der Waals surface area (Å²) in [5.74, 6) is 1.51. The number of phenols is 1. The highest BCUT2D eigenvalue weighted by molar-refractivity contribution is 5.83. The number of hydrogen-bond donors (Lipinski definition) is 1. The van der Waals surface area contributed by atoms with Crippen LogP contribution in [0.4, 0.5) is 0 Å². The first-order chi connectivity index (χ1) is 11.4. The van der Waals surface area contributed by atoms with E-state index in [0.29, 0.717) is 5.75 Å². The lowest BCUT2D eigenvalue weighted by Gasteiger charge is -2.25. The highest BCUT2D eigenvalue weighted by Crippen LogP contribution is 2.42. The number of rotatable bonds is 7. The molecule has 0 spiro atoms.